The summed E-state index contributed by atoms with van der Waals surface area (Å²) in [6, 6.07) is 26.4. The Morgan fingerprint density at radius 1 is 0.349 bits per heavy atom. The smallest absolute Gasteiger partial charge is 0.336 e. The molecule has 149 heavy (non-hydrogen) atoms. The number of aryl methyl sites for hydroxylation is 1. The molecular weight excluding hydrogens is 2010 g/mol. The Morgan fingerprint density at radius 2 is 0.624 bits per heavy atom. The molecule has 0 aliphatic heterocycles. The molecule has 6 radical (unpaired) electrons. The number of anilines is 6. The minimum Gasteiger partial charge on any atom is -0.343 e. The number of amides is 6. The zero-order valence-electron chi connectivity index (χ0n) is 83.0. The van der Waals surface area contributed by atoms with Crippen molar-refractivity contribution < 1.29 is 94.7 Å². The van der Waals surface area contributed by atoms with E-state index in [1.807, 2.05) is 14.2 Å². The van der Waals surface area contributed by atoms with Crippen molar-refractivity contribution in [2.45, 2.75) is 149 Å². The zero-order valence-corrected chi connectivity index (χ0v) is 85.4. The molecule has 0 unspecified atom stereocenters. The molecule has 0 aliphatic rings. The molecule has 38 nitrogen and oxygen atoms in total. The largest absolute Gasteiger partial charge is 0.343 e. The fourth-order valence-corrected chi connectivity index (χ4v) is 16.8. The first-order chi connectivity index (χ1) is 69.2. The van der Waals surface area contributed by atoms with Gasteiger partial charge in [-0.05, 0) is 173 Å². The highest BCUT2D eigenvalue weighted by Gasteiger charge is 2.33. The van der Waals surface area contributed by atoms with E-state index in [2.05, 4.69) is 41.9 Å². The average Bonchev–Trinajstić information content (AvgIpc) is 0.780. The number of carbonyl (C=O) groups excluding carboxylic acids is 9. The molecule has 0 spiro atoms. The van der Waals surface area contributed by atoms with Crippen LogP contribution in [0.2, 0.25) is 0 Å². The second-order valence-corrected chi connectivity index (χ2v) is 42.3. The number of nitrogens with one attached hydrogen (secondary N) is 9. The highest BCUT2D eigenvalue weighted by Crippen LogP contribution is 2.31. The van der Waals surface area contributed by atoms with Gasteiger partial charge < -0.3 is 60.0 Å². The van der Waals surface area contributed by atoms with Crippen LogP contribution in [-0.2, 0) is 99.2 Å². The third-order valence-electron chi connectivity index (χ3n) is 23.1. The standard InChI is InChI=1S/C34H34BF2N5O7S.C33H33BF2N6O7S.C32H31BF2N6O7S/c1-18-19(2)41(6)33(47)42(31(18)45)22-11-7-20(8-12-22)15-28(29(35)43)39-30(44)24-16-26(37)27(17-25(24)36)40-50(48,49)23-13-9-21(10-14-23)38-32(46)34(3,4)5;1-17-18(2)41(6)32(47)42(30(17)45)27-12-7-19(16-37-27)13-26(28(34)43)39-29(44)22-14-24(36)25(15-23(22)35)40-50(48,49)21-10-8-20(9-11-21)38-31(46)33(3,4)5;1-17-12-27(42)41(31(46)40(17)5)26-11-6-18(16-36-26)13-25(28(33)43)38-29(44)21-14-23(35)24(15-22(21)34)39-49(47,48)20-9-7-19(8-10-20)37-30(45)32(2,3)4/h7-14,16-17,28,40H,15H2,1-6H3,(H,38,46)(H,39,44);7-12,14-16,26,40H,13H2,1-6H3,(H,38,46)(H,39,44);6-12,14-16,25,39H,13H2,1-5H3,(H,37,45)(H,38,44)/t28-;26-;25-/m000/s1. The molecule has 50 heteroatoms. The van der Waals surface area contributed by atoms with E-state index in [0.29, 0.717) is 98.4 Å². The second-order valence-electron chi connectivity index (χ2n) is 37.2. The molecule has 7 aromatic carbocycles. The molecule has 5 heterocycles. The molecule has 3 atom stereocenters. The fourth-order valence-electron chi connectivity index (χ4n) is 13.6. The van der Waals surface area contributed by atoms with Crippen molar-refractivity contribution in [2.24, 2.45) is 37.4 Å². The van der Waals surface area contributed by atoms with Gasteiger partial charge in [0.25, 0.3) is 64.5 Å². The molecular formula is C99H98B3F6N17O21S3. The summed E-state index contributed by atoms with van der Waals surface area (Å²) in [4.78, 5) is 195. The van der Waals surface area contributed by atoms with Crippen LogP contribution in [0.1, 0.15) is 138 Å². The molecule has 0 bridgehead atoms. The Labute approximate surface area is 852 Å². The quantitative estimate of drug-likeness (QED) is 0.0151. The van der Waals surface area contributed by atoms with Gasteiger partial charge in [0.15, 0.2) is 23.5 Å². The van der Waals surface area contributed by atoms with Gasteiger partial charge in [-0.15, -0.1) is 0 Å². The van der Waals surface area contributed by atoms with Crippen molar-refractivity contribution in [1.82, 2.24) is 53.3 Å². The van der Waals surface area contributed by atoms with Crippen molar-refractivity contribution in [3.8, 4) is 17.3 Å². The number of aromatic nitrogens is 8. The van der Waals surface area contributed by atoms with Crippen LogP contribution >= 0.6 is 0 Å². The van der Waals surface area contributed by atoms with Crippen LogP contribution in [0.3, 0.4) is 0 Å². The number of hydrogen-bond donors (Lipinski definition) is 9. The van der Waals surface area contributed by atoms with Crippen molar-refractivity contribution in [3.63, 3.8) is 0 Å². The lowest BCUT2D eigenvalue weighted by molar-refractivity contribution is -0.123. The summed E-state index contributed by atoms with van der Waals surface area (Å²) in [5.41, 5.74) is -8.90. The summed E-state index contributed by atoms with van der Waals surface area (Å²) >= 11 is 0. The molecule has 0 saturated carbocycles. The van der Waals surface area contributed by atoms with Crippen molar-refractivity contribution in [1.29, 1.82) is 0 Å². The van der Waals surface area contributed by atoms with E-state index in [0.717, 1.165) is 38.0 Å². The number of carbonyl (C=O) groups is 9. The van der Waals surface area contributed by atoms with Gasteiger partial charge in [0.05, 0.1) is 89.3 Å². The van der Waals surface area contributed by atoms with E-state index in [4.69, 9.17) is 23.5 Å². The Kier molecular flexibility index (Phi) is 35.2. The lowest BCUT2D eigenvalue weighted by atomic mass is 9.90. The minimum atomic E-state index is -4.43. The minimum absolute atomic E-state index is 0.00359. The molecule has 774 valence electrons. The highest BCUT2D eigenvalue weighted by atomic mass is 32.2. The number of rotatable bonds is 30. The number of benzene rings is 7. The van der Waals surface area contributed by atoms with Gasteiger partial charge in [-0.3, -0.25) is 57.3 Å². The Bertz CT molecular complexity index is 7750. The monoisotopic (exact) mass is 2100 g/mol. The molecule has 6 amide bonds. The van der Waals surface area contributed by atoms with E-state index in [1.165, 1.54) is 150 Å². The topological polar surface area (TPSA) is 522 Å². The van der Waals surface area contributed by atoms with Crippen LogP contribution in [0.25, 0.3) is 17.3 Å². The first-order valence-electron chi connectivity index (χ1n) is 44.7. The third-order valence-corrected chi connectivity index (χ3v) is 27.3. The SMILES string of the molecule is [B]C(=O)[C@H](Cc1ccc(-n2c(=O)c(C)c(C)n(C)c2=O)cc1)NC(=O)c1cc(F)c(NS(=O)(=O)c2ccc(NC(=O)C(C)(C)C)cc2)cc1F.[B]C(=O)[C@H](Cc1ccc(-n2c(=O)c(C)c(C)n(C)c2=O)nc1)NC(=O)c1cc(F)c(NS(=O)(=O)c2ccc(NC(=O)C(C)(C)C)cc2)cc1F.[B]C(=O)[C@H](Cc1ccc(-n2c(=O)cc(C)n(C)c2=O)nc1)NC(=O)c1cc(F)c(NS(=O)(=O)c2ccc(NC(=O)C(C)(C)C)cc2)cc1F. The lowest BCUT2D eigenvalue weighted by Crippen LogP contribution is -2.43. The second kappa shape index (κ2) is 45.8. The zero-order chi connectivity index (χ0) is 111. The van der Waals surface area contributed by atoms with Gasteiger partial charge in [0.2, 0.25) is 17.7 Å². The summed E-state index contributed by atoms with van der Waals surface area (Å²) in [7, 11) is 7.63. The number of nitrogens with zero attached hydrogens (tertiary/aromatic N) is 8. The maximum atomic E-state index is 15.1. The van der Waals surface area contributed by atoms with E-state index in [9.17, 15) is 97.2 Å². The number of halogens is 6. The molecule has 5 aromatic heterocycles. The van der Waals surface area contributed by atoms with Crippen LogP contribution < -0.4 is 79.8 Å². The maximum absolute atomic E-state index is 15.1. The van der Waals surface area contributed by atoms with Crippen LogP contribution in [0, 0.1) is 85.8 Å². The average molecular weight is 2100 g/mol. The van der Waals surface area contributed by atoms with E-state index < -0.39 is 202 Å². The Balaban J connectivity index is 0.000000228. The highest BCUT2D eigenvalue weighted by molar-refractivity contribution is 7.93. The van der Waals surface area contributed by atoms with Crippen molar-refractivity contribution >= 4 is 140 Å². The van der Waals surface area contributed by atoms with E-state index >= 15 is 26.3 Å². The van der Waals surface area contributed by atoms with Gasteiger partial charge in [-0.2, -0.15) is 0 Å². The van der Waals surface area contributed by atoms with Gasteiger partial charge in [-0.1, -0.05) is 86.6 Å². The van der Waals surface area contributed by atoms with Gasteiger partial charge in [-0.25, -0.2) is 89.6 Å². The van der Waals surface area contributed by atoms with Crippen LogP contribution in [0.15, 0.2) is 220 Å². The molecule has 12 rings (SSSR count). The van der Waals surface area contributed by atoms with Gasteiger partial charge in [0.1, 0.15) is 46.5 Å². The van der Waals surface area contributed by atoms with Crippen LogP contribution in [-0.4, -0.2) is 157 Å². The molecule has 0 saturated heterocycles. The Hall–Kier alpha value is -16.3. The molecule has 0 aliphatic carbocycles. The third kappa shape index (κ3) is 27.7. The molecule has 0 fully saturated rings. The predicted molar refractivity (Wildman–Crippen MR) is 543 cm³/mol. The maximum Gasteiger partial charge on any atom is 0.336 e. The van der Waals surface area contributed by atoms with Crippen molar-refractivity contribution in [2.75, 3.05) is 30.1 Å². The van der Waals surface area contributed by atoms with Crippen LogP contribution in [0.5, 0.6) is 0 Å². The van der Waals surface area contributed by atoms with E-state index in [1.54, 1.807) is 96.9 Å². The number of pyridine rings is 2. The van der Waals surface area contributed by atoms with Gasteiger partial charge >= 0.3 is 17.1 Å². The Morgan fingerprint density at radius 3 is 0.913 bits per heavy atom. The summed E-state index contributed by atoms with van der Waals surface area (Å²) < 4.78 is 180. The van der Waals surface area contributed by atoms with Gasteiger partial charge in [0, 0.05) is 132 Å². The fraction of sp³-hybridized carbons (Fsp3) is 0.263. The summed E-state index contributed by atoms with van der Waals surface area (Å²) in [6.45, 7) is 23.4. The van der Waals surface area contributed by atoms with Crippen LogP contribution in [0.4, 0.5) is 60.5 Å². The molecule has 9 N–H and O–H groups in total. The normalized spacial score (nSPS) is 12.2. The lowest BCUT2D eigenvalue weighted by Gasteiger charge is -2.18. The summed E-state index contributed by atoms with van der Waals surface area (Å²) in [5.74, 6) is -12.3. The number of sulfonamides is 3. The first kappa shape index (κ1) is 115. The predicted octanol–water partition coefficient (Wildman–Crippen LogP) is 8.24. The summed E-state index contributed by atoms with van der Waals surface area (Å²) in [5, 5.41) is 14.6. The van der Waals surface area contributed by atoms with E-state index in [-0.39, 0.29) is 69.0 Å². The first-order valence-corrected chi connectivity index (χ1v) is 49.1. The number of hydrogen-bond acceptors (Lipinski definition) is 23. The molecule has 12 aromatic rings. The van der Waals surface area contributed by atoms with Crippen molar-refractivity contribution in [3.05, 3.63) is 335 Å². The summed E-state index contributed by atoms with van der Waals surface area (Å²) in [6.07, 6.45) is 1.85.